The number of carbonyl (C=O) groups excluding carboxylic acids is 1. The summed E-state index contributed by atoms with van der Waals surface area (Å²) in [6.45, 7) is 0.565. The topological polar surface area (TPSA) is 69.6 Å². The third kappa shape index (κ3) is 2.28. The van der Waals surface area contributed by atoms with Crippen molar-refractivity contribution in [3.05, 3.63) is 0 Å². The van der Waals surface area contributed by atoms with Gasteiger partial charge in [0.1, 0.15) is 6.04 Å². The van der Waals surface area contributed by atoms with E-state index in [4.69, 9.17) is 5.11 Å². The van der Waals surface area contributed by atoms with E-state index in [2.05, 4.69) is 5.32 Å². The van der Waals surface area contributed by atoms with Gasteiger partial charge in [-0.05, 0) is 25.7 Å². The minimum absolute atomic E-state index is 0.197. The third-order valence-corrected chi connectivity index (χ3v) is 3.48. The van der Waals surface area contributed by atoms with Crippen molar-refractivity contribution in [1.82, 2.24) is 10.2 Å². The molecule has 0 unspecified atom stereocenters. The fourth-order valence-electron chi connectivity index (χ4n) is 2.59. The van der Waals surface area contributed by atoms with E-state index in [0.29, 0.717) is 13.0 Å². The van der Waals surface area contributed by atoms with Crippen molar-refractivity contribution in [2.75, 3.05) is 6.54 Å². The summed E-state index contributed by atoms with van der Waals surface area (Å²) in [6.07, 6.45) is 5.73. The standard InChI is InChI=1S/C11H18N2O3/c14-10(15)9-6-3-7-13(9)11(16)12-8-4-1-2-5-8/h8-9H,1-7H2,(H,12,16)(H,14,15)/t9-/m1/s1. The summed E-state index contributed by atoms with van der Waals surface area (Å²) in [5.74, 6) is -0.890. The van der Waals surface area contributed by atoms with Crippen molar-refractivity contribution >= 4 is 12.0 Å². The molecular formula is C11H18N2O3. The largest absolute Gasteiger partial charge is 0.480 e. The predicted octanol–water partition coefficient (Wildman–Crippen LogP) is 1.19. The first kappa shape index (κ1) is 11.2. The molecule has 2 rings (SSSR count). The number of rotatable bonds is 2. The van der Waals surface area contributed by atoms with Crippen LogP contribution in [0, 0.1) is 0 Å². The fraction of sp³-hybridized carbons (Fsp3) is 0.818. The second-order valence-electron chi connectivity index (χ2n) is 4.62. The van der Waals surface area contributed by atoms with Gasteiger partial charge in [0.15, 0.2) is 0 Å². The lowest BCUT2D eigenvalue weighted by atomic mass is 10.2. The van der Waals surface area contributed by atoms with Crippen LogP contribution in [0.25, 0.3) is 0 Å². The lowest BCUT2D eigenvalue weighted by molar-refractivity contribution is -0.141. The van der Waals surface area contributed by atoms with Gasteiger partial charge in [-0.15, -0.1) is 0 Å². The molecule has 5 nitrogen and oxygen atoms in total. The van der Waals surface area contributed by atoms with E-state index in [0.717, 1.165) is 32.1 Å². The van der Waals surface area contributed by atoms with Crippen LogP contribution < -0.4 is 5.32 Å². The Morgan fingerprint density at radius 1 is 1.12 bits per heavy atom. The minimum Gasteiger partial charge on any atom is -0.480 e. The summed E-state index contributed by atoms with van der Waals surface area (Å²) in [5.41, 5.74) is 0. The Morgan fingerprint density at radius 2 is 1.81 bits per heavy atom. The molecule has 0 aromatic heterocycles. The van der Waals surface area contributed by atoms with Crippen molar-refractivity contribution in [3.8, 4) is 0 Å². The number of amides is 2. The molecule has 1 aliphatic carbocycles. The molecule has 0 bridgehead atoms. The van der Waals surface area contributed by atoms with Gasteiger partial charge in [0.05, 0.1) is 0 Å². The summed E-state index contributed by atoms with van der Waals surface area (Å²) in [7, 11) is 0. The Hall–Kier alpha value is -1.26. The number of hydrogen-bond donors (Lipinski definition) is 2. The van der Waals surface area contributed by atoms with Crippen molar-refractivity contribution in [2.24, 2.45) is 0 Å². The van der Waals surface area contributed by atoms with Crippen LogP contribution in [-0.4, -0.2) is 40.6 Å². The molecule has 1 atom stereocenters. The van der Waals surface area contributed by atoms with Gasteiger partial charge in [0.25, 0.3) is 0 Å². The number of nitrogens with zero attached hydrogens (tertiary/aromatic N) is 1. The Labute approximate surface area is 94.8 Å². The smallest absolute Gasteiger partial charge is 0.326 e. The van der Waals surface area contributed by atoms with Crippen LogP contribution in [-0.2, 0) is 4.79 Å². The molecule has 2 amide bonds. The molecule has 1 heterocycles. The SMILES string of the molecule is O=C(O)[C@H]1CCCN1C(=O)NC1CCCC1. The highest BCUT2D eigenvalue weighted by molar-refractivity contribution is 5.83. The van der Waals surface area contributed by atoms with Crippen molar-refractivity contribution in [2.45, 2.75) is 50.6 Å². The van der Waals surface area contributed by atoms with E-state index in [-0.39, 0.29) is 12.1 Å². The van der Waals surface area contributed by atoms with E-state index in [1.54, 1.807) is 0 Å². The van der Waals surface area contributed by atoms with Crippen LogP contribution in [0.3, 0.4) is 0 Å². The highest BCUT2D eigenvalue weighted by atomic mass is 16.4. The van der Waals surface area contributed by atoms with Gasteiger partial charge in [0.2, 0.25) is 0 Å². The summed E-state index contributed by atoms with van der Waals surface area (Å²) < 4.78 is 0. The monoisotopic (exact) mass is 226 g/mol. The number of carboxylic acids is 1. The lowest BCUT2D eigenvalue weighted by Gasteiger charge is -2.24. The zero-order valence-corrected chi connectivity index (χ0v) is 9.32. The predicted molar refractivity (Wildman–Crippen MR) is 58.2 cm³/mol. The van der Waals surface area contributed by atoms with Gasteiger partial charge in [-0.3, -0.25) is 0 Å². The van der Waals surface area contributed by atoms with Gasteiger partial charge >= 0.3 is 12.0 Å². The van der Waals surface area contributed by atoms with Crippen LogP contribution in [0.15, 0.2) is 0 Å². The fourth-order valence-corrected chi connectivity index (χ4v) is 2.59. The normalized spacial score (nSPS) is 26.0. The van der Waals surface area contributed by atoms with Gasteiger partial charge in [0, 0.05) is 12.6 Å². The Bertz CT molecular complexity index is 287. The number of nitrogens with one attached hydrogen (secondary N) is 1. The molecule has 90 valence electrons. The Balaban J connectivity index is 1.90. The lowest BCUT2D eigenvalue weighted by Crippen LogP contribution is -2.48. The average molecular weight is 226 g/mol. The summed E-state index contributed by atoms with van der Waals surface area (Å²) in [4.78, 5) is 24.3. The van der Waals surface area contributed by atoms with Crippen LogP contribution in [0.5, 0.6) is 0 Å². The second kappa shape index (κ2) is 4.72. The number of likely N-dealkylation sites (tertiary alicyclic amines) is 1. The van der Waals surface area contributed by atoms with Gasteiger partial charge < -0.3 is 15.3 Å². The maximum Gasteiger partial charge on any atom is 0.326 e. The highest BCUT2D eigenvalue weighted by Gasteiger charge is 2.34. The van der Waals surface area contributed by atoms with Crippen LogP contribution in [0.4, 0.5) is 4.79 Å². The quantitative estimate of drug-likeness (QED) is 0.743. The number of hydrogen-bond acceptors (Lipinski definition) is 2. The molecule has 0 aromatic carbocycles. The molecule has 1 saturated heterocycles. The van der Waals surface area contributed by atoms with Gasteiger partial charge in [-0.1, -0.05) is 12.8 Å². The number of carbonyl (C=O) groups is 2. The van der Waals surface area contributed by atoms with E-state index < -0.39 is 12.0 Å². The molecule has 2 fully saturated rings. The van der Waals surface area contributed by atoms with E-state index in [9.17, 15) is 9.59 Å². The molecule has 0 aromatic rings. The van der Waals surface area contributed by atoms with E-state index in [1.165, 1.54) is 4.90 Å². The average Bonchev–Trinajstić information content (AvgIpc) is 2.86. The second-order valence-corrected chi connectivity index (χ2v) is 4.62. The minimum atomic E-state index is -0.890. The third-order valence-electron chi connectivity index (χ3n) is 3.48. The molecule has 2 aliphatic rings. The molecule has 1 saturated carbocycles. The van der Waals surface area contributed by atoms with Gasteiger partial charge in [-0.2, -0.15) is 0 Å². The number of carboxylic acid groups (broad SMARTS) is 1. The van der Waals surface area contributed by atoms with Crippen molar-refractivity contribution in [1.29, 1.82) is 0 Å². The number of urea groups is 1. The highest BCUT2D eigenvalue weighted by Crippen LogP contribution is 2.20. The molecule has 1 aliphatic heterocycles. The summed E-state index contributed by atoms with van der Waals surface area (Å²) in [5, 5.41) is 11.9. The molecule has 2 N–H and O–H groups in total. The molecule has 0 spiro atoms. The molecule has 16 heavy (non-hydrogen) atoms. The molecule has 0 radical (unpaired) electrons. The molecule has 5 heteroatoms. The van der Waals surface area contributed by atoms with Crippen molar-refractivity contribution < 1.29 is 14.7 Å². The molecular weight excluding hydrogens is 208 g/mol. The van der Waals surface area contributed by atoms with E-state index in [1.807, 2.05) is 0 Å². The van der Waals surface area contributed by atoms with Crippen LogP contribution in [0.1, 0.15) is 38.5 Å². The number of aliphatic carboxylic acids is 1. The maximum atomic E-state index is 11.9. The summed E-state index contributed by atoms with van der Waals surface area (Å²) in [6, 6.07) is -0.569. The van der Waals surface area contributed by atoms with Gasteiger partial charge in [-0.25, -0.2) is 9.59 Å². The Morgan fingerprint density at radius 3 is 2.44 bits per heavy atom. The first-order chi connectivity index (χ1) is 7.68. The van der Waals surface area contributed by atoms with Crippen LogP contribution >= 0.6 is 0 Å². The van der Waals surface area contributed by atoms with E-state index >= 15 is 0 Å². The summed E-state index contributed by atoms with van der Waals surface area (Å²) >= 11 is 0. The first-order valence-electron chi connectivity index (χ1n) is 5.98. The first-order valence-corrected chi connectivity index (χ1v) is 5.98. The zero-order valence-electron chi connectivity index (χ0n) is 9.32. The zero-order chi connectivity index (χ0) is 11.5. The maximum absolute atomic E-state index is 11.9. The van der Waals surface area contributed by atoms with Crippen LogP contribution in [0.2, 0.25) is 0 Å². The van der Waals surface area contributed by atoms with Crippen molar-refractivity contribution in [3.63, 3.8) is 0 Å². The Kier molecular flexibility index (Phi) is 3.31.